The predicted octanol–water partition coefficient (Wildman–Crippen LogP) is 2.05. The zero-order chi connectivity index (χ0) is 16.8. The average molecular weight is 345 g/mol. The molecular weight excluding hydrogens is 330 g/mol. The Morgan fingerprint density at radius 3 is 3.08 bits per heavy atom. The first kappa shape index (κ1) is 16.1. The van der Waals surface area contributed by atoms with Crippen molar-refractivity contribution >= 4 is 23.4 Å². The van der Waals surface area contributed by atoms with E-state index in [1.165, 1.54) is 11.8 Å². The number of tetrazole rings is 1. The molecule has 2 aromatic heterocycles. The van der Waals surface area contributed by atoms with Gasteiger partial charge in [0.1, 0.15) is 18.1 Å². The van der Waals surface area contributed by atoms with Crippen LogP contribution < -0.4 is 10.1 Å². The summed E-state index contributed by atoms with van der Waals surface area (Å²) in [6.45, 7) is 0.417. The van der Waals surface area contributed by atoms with Gasteiger partial charge in [0.05, 0.1) is 19.1 Å². The van der Waals surface area contributed by atoms with Crippen molar-refractivity contribution in [2.75, 3.05) is 18.2 Å². The van der Waals surface area contributed by atoms with Gasteiger partial charge in [0.2, 0.25) is 11.1 Å². The zero-order valence-electron chi connectivity index (χ0n) is 12.9. The molecule has 24 heavy (non-hydrogen) atoms. The lowest BCUT2D eigenvalue weighted by atomic mass is 10.3. The van der Waals surface area contributed by atoms with Crippen molar-refractivity contribution in [1.82, 2.24) is 20.2 Å². The Bertz CT molecular complexity index is 803. The lowest BCUT2D eigenvalue weighted by Gasteiger charge is -2.06. The first-order valence-electron chi connectivity index (χ1n) is 7.10. The van der Waals surface area contributed by atoms with E-state index in [4.69, 9.17) is 9.15 Å². The Hall–Kier alpha value is -2.81. The van der Waals surface area contributed by atoms with E-state index in [9.17, 15) is 4.79 Å². The summed E-state index contributed by atoms with van der Waals surface area (Å²) < 4.78 is 12.0. The van der Waals surface area contributed by atoms with Gasteiger partial charge in [-0.25, -0.2) is 4.68 Å². The number of rotatable bonds is 7. The molecule has 124 valence electrons. The highest BCUT2D eigenvalue weighted by Crippen LogP contribution is 2.19. The Morgan fingerprint density at radius 2 is 2.29 bits per heavy atom. The molecule has 1 N–H and O–H groups in total. The summed E-state index contributed by atoms with van der Waals surface area (Å²) in [7, 11) is 1.58. The molecule has 0 atom stereocenters. The van der Waals surface area contributed by atoms with Crippen molar-refractivity contribution in [3.05, 3.63) is 48.4 Å². The molecule has 0 saturated heterocycles. The molecule has 0 aliphatic carbocycles. The van der Waals surface area contributed by atoms with Crippen LogP contribution in [0.5, 0.6) is 5.75 Å². The van der Waals surface area contributed by atoms with Crippen LogP contribution in [0.4, 0.5) is 5.69 Å². The number of nitrogens with zero attached hydrogens (tertiary/aromatic N) is 4. The molecule has 0 bridgehead atoms. The standard InChI is InChI=1S/C15H15N5O3S/c1-22-12-5-2-4-11(8-12)16-14(21)10-24-15-17-18-19-20(15)9-13-6-3-7-23-13/h2-8H,9-10H2,1H3,(H,16,21). The van der Waals surface area contributed by atoms with Crippen molar-refractivity contribution in [2.45, 2.75) is 11.7 Å². The molecule has 3 aromatic rings. The molecule has 1 amide bonds. The minimum atomic E-state index is -0.152. The first-order chi connectivity index (χ1) is 11.7. The molecule has 0 saturated carbocycles. The highest BCUT2D eigenvalue weighted by atomic mass is 32.2. The number of ether oxygens (including phenoxy) is 1. The van der Waals surface area contributed by atoms with Crippen molar-refractivity contribution in [3.8, 4) is 5.75 Å². The largest absolute Gasteiger partial charge is 0.497 e. The number of aromatic nitrogens is 4. The molecule has 0 fully saturated rings. The molecule has 9 heteroatoms. The van der Waals surface area contributed by atoms with Crippen LogP contribution in [0.1, 0.15) is 5.76 Å². The van der Waals surface area contributed by atoms with Gasteiger partial charge in [-0.2, -0.15) is 0 Å². The second-order valence-electron chi connectivity index (χ2n) is 4.77. The van der Waals surface area contributed by atoms with Crippen LogP contribution in [-0.4, -0.2) is 39.0 Å². The Balaban J connectivity index is 1.55. The molecular formula is C15H15N5O3S. The van der Waals surface area contributed by atoms with Crippen LogP contribution in [0.25, 0.3) is 0 Å². The monoisotopic (exact) mass is 345 g/mol. The molecule has 0 aliphatic heterocycles. The van der Waals surface area contributed by atoms with Crippen LogP contribution in [0.3, 0.4) is 0 Å². The van der Waals surface area contributed by atoms with E-state index in [0.717, 1.165) is 5.76 Å². The maximum absolute atomic E-state index is 12.1. The normalized spacial score (nSPS) is 10.5. The number of carbonyl (C=O) groups excluding carboxylic acids is 1. The fraction of sp³-hybridized carbons (Fsp3) is 0.200. The minimum Gasteiger partial charge on any atom is -0.497 e. The van der Waals surface area contributed by atoms with Crippen LogP contribution in [0.15, 0.2) is 52.2 Å². The van der Waals surface area contributed by atoms with E-state index in [0.29, 0.717) is 23.1 Å². The summed E-state index contributed by atoms with van der Waals surface area (Å²) in [5, 5.41) is 14.8. The van der Waals surface area contributed by atoms with Gasteiger partial charge in [-0.15, -0.1) is 5.10 Å². The molecule has 0 aliphatic rings. The summed E-state index contributed by atoms with van der Waals surface area (Å²) in [6.07, 6.45) is 1.59. The number of thioether (sulfide) groups is 1. The van der Waals surface area contributed by atoms with Crippen molar-refractivity contribution < 1.29 is 13.9 Å². The molecule has 2 heterocycles. The number of amides is 1. The SMILES string of the molecule is COc1cccc(NC(=O)CSc2nnnn2Cc2ccco2)c1. The summed E-state index contributed by atoms with van der Waals surface area (Å²) in [5.41, 5.74) is 0.676. The third kappa shape index (κ3) is 4.13. The average Bonchev–Trinajstić information content (AvgIpc) is 3.25. The maximum atomic E-state index is 12.1. The van der Waals surface area contributed by atoms with Gasteiger partial charge in [0, 0.05) is 11.8 Å². The van der Waals surface area contributed by atoms with Crippen LogP contribution in [0, 0.1) is 0 Å². The number of methoxy groups -OCH3 is 1. The third-order valence-corrected chi connectivity index (χ3v) is 4.03. The Labute approximate surface area is 142 Å². The van der Waals surface area contributed by atoms with E-state index in [2.05, 4.69) is 20.8 Å². The number of hydrogen-bond acceptors (Lipinski definition) is 7. The highest BCUT2D eigenvalue weighted by molar-refractivity contribution is 7.99. The number of nitrogens with one attached hydrogen (secondary N) is 1. The van der Waals surface area contributed by atoms with Crippen LogP contribution in [0.2, 0.25) is 0 Å². The highest BCUT2D eigenvalue weighted by Gasteiger charge is 2.11. The lowest BCUT2D eigenvalue weighted by molar-refractivity contribution is -0.113. The minimum absolute atomic E-state index is 0.152. The number of furan rings is 1. The fourth-order valence-corrected chi connectivity index (χ4v) is 2.65. The molecule has 1 aromatic carbocycles. The number of benzene rings is 1. The number of carbonyl (C=O) groups is 1. The zero-order valence-corrected chi connectivity index (χ0v) is 13.7. The number of hydrogen-bond donors (Lipinski definition) is 1. The van der Waals surface area contributed by atoms with E-state index < -0.39 is 0 Å². The smallest absolute Gasteiger partial charge is 0.234 e. The van der Waals surface area contributed by atoms with E-state index in [1.807, 2.05) is 18.2 Å². The molecule has 3 rings (SSSR count). The van der Waals surface area contributed by atoms with Gasteiger partial charge in [0.25, 0.3) is 0 Å². The van der Waals surface area contributed by atoms with Gasteiger partial charge < -0.3 is 14.5 Å². The van der Waals surface area contributed by atoms with Gasteiger partial charge >= 0.3 is 0 Å². The van der Waals surface area contributed by atoms with Crippen molar-refractivity contribution in [2.24, 2.45) is 0 Å². The topological polar surface area (TPSA) is 95.1 Å². The molecule has 0 spiro atoms. The lowest BCUT2D eigenvalue weighted by Crippen LogP contribution is -2.14. The summed E-state index contributed by atoms with van der Waals surface area (Å²) >= 11 is 1.25. The Kier molecular flexibility index (Phi) is 5.12. The summed E-state index contributed by atoms with van der Waals surface area (Å²) in [6, 6.07) is 10.8. The molecule has 8 nitrogen and oxygen atoms in total. The second kappa shape index (κ2) is 7.64. The van der Waals surface area contributed by atoms with E-state index >= 15 is 0 Å². The van der Waals surface area contributed by atoms with Gasteiger partial charge in [-0.3, -0.25) is 4.79 Å². The first-order valence-corrected chi connectivity index (χ1v) is 8.08. The van der Waals surface area contributed by atoms with Crippen molar-refractivity contribution in [3.63, 3.8) is 0 Å². The summed E-state index contributed by atoms with van der Waals surface area (Å²) in [5.74, 6) is 1.46. The molecule has 0 radical (unpaired) electrons. The maximum Gasteiger partial charge on any atom is 0.234 e. The van der Waals surface area contributed by atoms with E-state index in [1.54, 1.807) is 36.3 Å². The van der Waals surface area contributed by atoms with Crippen LogP contribution >= 0.6 is 11.8 Å². The fourth-order valence-electron chi connectivity index (χ4n) is 1.98. The predicted molar refractivity (Wildman–Crippen MR) is 88.0 cm³/mol. The van der Waals surface area contributed by atoms with E-state index in [-0.39, 0.29) is 11.7 Å². The second-order valence-corrected chi connectivity index (χ2v) is 5.71. The van der Waals surface area contributed by atoms with Gasteiger partial charge in [0.15, 0.2) is 0 Å². The number of anilines is 1. The van der Waals surface area contributed by atoms with Crippen LogP contribution in [-0.2, 0) is 11.3 Å². The molecule has 0 unspecified atom stereocenters. The quantitative estimate of drug-likeness (QED) is 0.655. The third-order valence-electron chi connectivity index (χ3n) is 3.07. The Morgan fingerprint density at radius 1 is 1.38 bits per heavy atom. The van der Waals surface area contributed by atoms with Crippen molar-refractivity contribution in [1.29, 1.82) is 0 Å². The van der Waals surface area contributed by atoms with Gasteiger partial charge in [-0.1, -0.05) is 17.8 Å². The van der Waals surface area contributed by atoms with Gasteiger partial charge in [-0.05, 0) is 34.7 Å². The summed E-state index contributed by atoms with van der Waals surface area (Å²) in [4.78, 5) is 12.1.